The molecule has 2 heterocycles. The van der Waals surface area contributed by atoms with Gasteiger partial charge in [-0.2, -0.15) is 0 Å². The van der Waals surface area contributed by atoms with E-state index in [1.165, 1.54) is 12.5 Å². The first kappa shape index (κ1) is 15.9. The number of carboxylic acid groups (broad SMARTS) is 2. The molecule has 6 nitrogen and oxygen atoms in total. The highest BCUT2D eigenvalue weighted by Gasteiger charge is 2.61. The molecular formula is C16H18O6. The molecule has 0 spiro atoms. The number of carboxylic acids is 2. The molecule has 2 aromatic heterocycles. The van der Waals surface area contributed by atoms with E-state index in [2.05, 4.69) is 0 Å². The molecule has 1 fully saturated rings. The fraction of sp³-hybridized carbons (Fsp3) is 0.375. The van der Waals surface area contributed by atoms with E-state index in [-0.39, 0.29) is 0 Å². The van der Waals surface area contributed by atoms with Crippen LogP contribution >= 0.6 is 0 Å². The Kier molecular flexibility index (Phi) is 4.70. The highest BCUT2D eigenvalue weighted by Crippen LogP contribution is 2.58. The van der Waals surface area contributed by atoms with Gasteiger partial charge in [-0.25, -0.2) is 0 Å². The zero-order valence-electron chi connectivity index (χ0n) is 12.3. The van der Waals surface area contributed by atoms with Crippen LogP contribution < -0.4 is 0 Å². The van der Waals surface area contributed by atoms with Gasteiger partial charge in [0.15, 0.2) is 0 Å². The fourth-order valence-corrected chi connectivity index (χ4v) is 3.03. The van der Waals surface area contributed by atoms with Crippen molar-refractivity contribution in [1.82, 2.24) is 0 Å². The van der Waals surface area contributed by atoms with E-state index in [1.807, 2.05) is 13.8 Å². The Morgan fingerprint density at radius 1 is 0.864 bits per heavy atom. The van der Waals surface area contributed by atoms with Crippen molar-refractivity contribution < 1.29 is 28.6 Å². The fourth-order valence-electron chi connectivity index (χ4n) is 3.03. The van der Waals surface area contributed by atoms with Gasteiger partial charge in [0.2, 0.25) is 0 Å². The molecule has 1 aliphatic carbocycles. The van der Waals surface area contributed by atoms with Gasteiger partial charge in [0, 0.05) is 11.8 Å². The summed E-state index contributed by atoms with van der Waals surface area (Å²) in [7, 11) is 0. The quantitative estimate of drug-likeness (QED) is 0.899. The molecule has 1 aliphatic rings. The van der Waals surface area contributed by atoms with Crippen LogP contribution in [0.2, 0.25) is 0 Å². The minimum atomic E-state index is -1.14. The molecule has 1 saturated carbocycles. The second-order valence-corrected chi connectivity index (χ2v) is 4.81. The lowest BCUT2D eigenvalue weighted by molar-refractivity contribution is -0.165. The first-order valence-corrected chi connectivity index (χ1v) is 7.13. The summed E-state index contributed by atoms with van der Waals surface area (Å²) in [4.78, 5) is 22.8. The summed E-state index contributed by atoms with van der Waals surface area (Å²) in [6, 6.07) is 6.63. The Labute approximate surface area is 127 Å². The van der Waals surface area contributed by atoms with Gasteiger partial charge < -0.3 is 19.0 Å². The van der Waals surface area contributed by atoms with Crippen molar-refractivity contribution in [3.8, 4) is 0 Å². The number of hydrogen-bond donors (Lipinski definition) is 2. The Balaban J connectivity index is 0.000000847. The molecule has 6 heteroatoms. The van der Waals surface area contributed by atoms with Gasteiger partial charge in [0.05, 0.1) is 24.4 Å². The third-order valence-corrected chi connectivity index (χ3v) is 3.86. The lowest BCUT2D eigenvalue weighted by Gasteiger charge is -2.45. The Morgan fingerprint density at radius 2 is 1.23 bits per heavy atom. The standard InChI is InChI=1S/C14H12O6.C2H6/c15-13(16)11-9(7-3-1-5-19-7)10(12(11)14(17)18)8-4-2-6-20-8;1-2/h1-6,9-12H,(H,15,16)(H,17,18);1-2H3. The van der Waals surface area contributed by atoms with Gasteiger partial charge in [0.25, 0.3) is 0 Å². The smallest absolute Gasteiger partial charge is 0.308 e. The topological polar surface area (TPSA) is 101 Å². The van der Waals surface area contributed by atoms with Gasteiger partial charge >= 0.3 is 11.9 Å². The van der Waals surface area contributed by atoms with E-state index < -0.39 is 35.6 Å². The normalized spacial score (nSPS) is 26.5. The first-order chi connectivity index (χ1) is 10.6. The van der Waals surface area contributed by atoms with E-state index in [1.54, 1.807) is 24.3 Å². The number of hydrogen-bond acceptors (Lipinski definition) is 4. The second kappa shape index (κ2) is 6.51. The summed E-state index contributed by atoms with van der Waals surface area (Å²) in [5, 5.41) is 18.6. The molecule has 3 rings (SSSR count). The van der Waals surface area contributed by atoms with E-state index in [4.69, 9.17) is 8.83 Å². The summed E-state index contributed by atoms with van der Waals surface area (Å²) in [6.45, 7) is 4.00. The predicted octanol–water partition coefficient (Wildman–Crippen LogP) is 3.18. The van der Waals surface area contributed by atoms with Crippen LogP contribution in [0.5, 0.6) is 0 Å². The predicted molar refractivity (Wildman–Crippen MR) is 76.5 cm³/mol. The van der Waals surface area contributed by atoms with Crippen LogP contribution in [0.15, 0.2) is 45.6 Å². The zero-order chi connectivity index (χ0) is 16.3. The number of furan rings is 2. The molecule has 0 bridgehead atoms. The third-order valence-electron chi connectivity index (χ3n) is 3.86. The summed E-state index contributed by atoms with van der Waals surface area (Å²) >= 11 is 0. The summed E-state index contributed by atoms with van der Waals surface area (Å²) < 4.78 is 10.6. The molecule has 22 heavy (non-hydrogen) atoms. The molecule has 0 aromatic carbocycles. The second-order valence-electron chi connectivity index (χ2n) is 4.81. The molecule has 0 aliphatic heterocycles. The lowest BCUT2D eigenvalue weighted by Crippen LogP contribution is -2.51. The summed E-state index contributed by atoms with van der Waals surface area (Å²) in [5.41, 5.74) is 0. The minimum Gasteiger partial charge on any atom is -0.481 e. The molecular weight excluding hydrogens is 288 g/mol. The van der Waals surface area contributed by atoms with Gasteiger partial charge in [-0.15, -0.1) is 0 Å². The average molecular weight is 306 g/mol. The van der Waals surface area contributed by atoms with Crippen LogP contribution in [0, 0.1) is 11.8 Å². The highest BCUT2D eigenvalue weighted by atomic mass is 16.4. The van der Waals surface area contributed by atoms with Crippen molar-refractivity contribution in [2.45, 2.75) is 25.7 Å². The first-order valence-electron chi connectivity index (χ1n) is 7.13. The van der Waals surface area contributed by atoms with Crippen molar-refractivity contribution >= 4 is 11.9 Å². The van der Waals surface area contributed by atoms with Gasteiger partial charge in [-0.3, -0.25) is 9.59 Å². The lowest BCUT2D eigenvalue weighted by atomic mass is 9.55. The van der Waals surface area contributed by atoms with Crippen LogP contribution in [0.25, 0.3) is 0 Å². The zero-order valence-corrected chi connectivity index (χ0v) is 12.3. The van der Waals surface area contributed by atoms with E-state index in [0.29, 0.717) is 11.5 Å². The van der Waals surface area contributed by atoms with Crippen LogP contribution in [0.4, 0.5) is 0 Å². The largest absolute Gasteiger partial charge is 0.481 e. The SMILES string of the molecule is CC.O=C(O)C1C(C(=O)O)C(c2ccco2)C1c1ccco1. The highest BCUT2D eigenvalue weighted by molar-refractivity contribution is 5.85. The van der Waals surface area contributed by atoms with Crippen molar-refractivity contribution in [2.75, 3.05) is 0 Å². The van der Waals surface area contributed by atoms with Crippen molar-refractivity contribution in [3.63, 3.8) is 0 Å². The molecule has 2 N–H and O–H groups in total. The van der Waals surface area contributed by atoms with E-state index >= 15 is 0 Å². The minimum absolute atomic E-state index is 0.469. The number of aliphatic carboxylic acids is 2. The van der Waals surface area contributed by atoms with E-state index in [9.17, 15) is 19.8 Å². The molecule has 0 radical (unpaired) electrons. The van der Waals surface area contributed by atoms with Gasteiger partial charge in [-0.1, -0.05) is 13.8 Å². The van der Waals surface area contributed by atoms with Crippen LogP contribution in [0.3, 0.4) is 0 Å². The maximum absolute atomic E-state index is 11.4. The average Bonchev–Trinajstić information content (AvgIpc) is 3.12. The van der Waals surface area contributed by atoms with Gasteiger partial charge in [0.1, 0.15) is 11.5 Å². The third kappa shape index (κ3) is 2.52. The maximum atomic E-state index is 11.4. The van der Waals surface area contributed by atoms with E-state index in [0.717, 1.165) is 0 Å². The molecule has 118 valence electrons. The van der Waals surface area contributed by atoms with Crippen molar-refractivity contribution in [1.29, 1.82) is 0 Å². The monoisotopic (exact) mass is 306 g/mol. The Morgan fingerprint density at radius 3 is 1.45 bits per heavy atom. The number of carbonyl (C=O) groups is 2. The Bertz CT molecular complexity index is 557. The van der Waals surface area contributed by atoms with Crippen molar-refractivity contribution in [3.05, 3.63) is 48.3 Å². The van der Waals surface area contributed by atoms with Crippen LogP contribution in [0.1, 0.15) is 37.2 Å². The number of rotatable bonds is 4. The van der Waals surface area contributed by atoms with Crippen LogP contribution in [-0.4, -0.2) is 22.2 Å². The molecule has 0 amide bonds. The van der Waals surface area contributed by atoms with Crippen LogP contribution in [-0.2, 0) is 9.59 Å². The summed E-state index contributed by atoms with van der Waals surface area (Å²) in [6.07, 6.45) is 2.89. The molecule has 4 atom stereocenters. The van der Waals surface area contributed by atoms with Gasteiger partial charge in [-0.05, 0) is 24.3 Å². The molecule has 2 aromatic rings. The summed E-state index contributed by atoms with van der Waals surface area (Å²) in [5.74, 6) is -4.44. The molecule has 4 unspecified atom stereocenters. The van der Waals surface area contributed by atoms with Crippen molar-refractivity contribution in [2.24, 2.45) is 11.8 Å². The molecule has 0 saturated heterocycles. The Hall–Kier alpha value is -2.50. The maximum Gasteiger partial charge on any atom is 0.308 e.